The molecule has 0 fully saturated rings. The molecule has 28 heavy (non-hydrogen) atoms. The van der Waals surface area contributed by atoms with Crippen molar-refractivity contribution in [3.05, 3.63) is 72.3 Å². The first-order valence-electron chi connectivity index (χ1n) is 8.42. The number of likely N-dealkylation sites (N-methyl/N-ethyl adjacent to an activating group) is 1. The van der Waals surface area contributed by atoms with Gasteiger partial charge in [-0.1, -0.05) is 42.5 Å². The van der Waals surface area contributed by atoms with Gasteiger partial charge in [-0.25, -0.2) is 13.8 Å². The van der Waals surface area contributed by atoms with Gasteiger partial charge < -0.3 is 5.11 Å². The lowest BCUT2D eigenvalue weighted by Crippen LogP contribution is -2.36. The molecule has 0 radical (unpaired) electrons. The Hall–Kier alpha value is -3.23. The molecule has 3 aromatic carbocycles. The first-order valence-corrected chi connectivity index (χ1v) is 9.86. The van der Waals surface area contributed by atoms with E-state index in [1.54, 1.807) is 24.3 Å². The third-order valence-electron chi connectivity index (χ3n) is 4.07. The van der Waals surface area contributed by atoms with Gasteiger partial charge in [0, 0.05) is 7.05 Å². The predicted molar refractivity (Wildman–Crippen MR) is 108 cm³/mol. The third kappa shape index (κ3) is 4.54. The van der Waals surface area contributed by atoms with Crippen LogP contribution in [0.5, 0.6) is 5.75 Å². The van der Waals surface area contributed by atoms with Gasteiger partial charge in [-0.05, 0) is 40.6 Å². The van der Waals surface area contributed by atoms with Crippen LogP contribution >= 0.6 is 0 Å². The first-order chi connectivity index (χ1) is 13.4. The summed E-state index contributed by atoms with van der Waals surface area (Å²) in [5.74, 6) is -0.500. The maximum absolute atomic E-state index is 12.7. The molecule has 0 spiro atoms. The molecule has 0 aliphatic rings. The second-order valence-electron chi connectivity index (χ2n) is 6.16. The van der Waals surface area contributed by atoms with Gasteiger partial charge in [-0.2, -0.15) is 9.41 Å². The fraction of sp³-hybridized carbons (Fsp3) is 0.100. The smallest absolute Gasteiger partial charge is 0.255 e. The van der Waals surface area contributed by atoms with Gasteiger partial charge in [0.15, 0.2) is 0 Å². The highest BCUT2D eigenvalue weighted by Crippen LogP contribution is 2.21. The number of nitrogens with zero attached hydrogens (tertiary/aromatic N) is 2. The highest BCUT2D eigenvalue weighted by atomic mass is 32.2. The number of hydrogen-bond acceptors (Lipinski definition) is 5. The van der Waals surface area contributed by atoms with Crippen molar-refractivity contribution < 1.29 is 18.3 Å². The average Bonchev–Trinajstić information content (AvgIpc) is 2.67. The number of carbonyl (C=O) groups excluding carboxylic acids is 1. The quantitative estimate of drug-likeness (QED) is 0.492. The molecule has 7 nitrogen and oxygen atoms in total. The minimum absolute atomic E-state index is 0.0801. The van der Waals surface area contributed by atoms with E-state index in [0.29, 0.717) is 5.56 Å². The number of hydrogen-bond donors (Lipinski definition) is 2. The Labute approximate surface area is 163 Å². The van der Waals surface area contributed by atoms with Crippen molar-refractivity contribution in [1.29, 1.82) is 0 Å². The van der Waals surface area contributed by atoms with Crippen molar-refractivity contribution in [2.45, 2.75) is 4.90 Å². The van der Waals surface area contributed by atoms with Crippen molar-refractivity contribution in [3.8, 4) is 5.75 Å². The summed E-state index contributed by atoms with van der Waals surface area (Å²) in [6.07, 6.45) is 1.36. The van der Waals surface area contributed by atoms with E-state index in [4.69, 9.17) is 0 Å². The van der Waals surface area contributed by atoms with E-state index < -0.39 is 15.9 Å². The molecule has 0 unspecified atom stereocenters. The van der Waals surface area contributed by atoms with Crippen LogP contribution in [0.2, 0.25) is 0 Å². The molecule has 0 bridgehead atoms. The van der Waals surface area contributed by atoms with Crippen LogP contribution in [-0.2, 0) is 14.8 Å². The van der Waals surface area contributed by atoms with Gasteiger partial charge in [0.05, 0.1) is 17.7 Å². The molecule has 3 aromatic rings. The van der Waals surface area contributed by atoms with E-state index >= 15 is 0 Å². The predicted octanol–water partition coefficient (Wildman–Crippen LogP) is 2.32. The lowest BCUT2D eigenvalue weighted by atomic mass is 10.1. The number of phenolic OH excluding ortho intramolecular Hbond substituents is 1. The van der Waals surface area contributed by atoms with Crippen LogP contribution in [0.1, 0.15) is 5.56 Å². The summed E-state index contributed by atoms with van der Waals surface area (Å²) in [5.41, 5.74) is 2.87. The van der Waals surface area contributed by atoms with Crippen molar-refractivity contribution >= 4 is 32.9 Å². The number of benzene rings is 3. The Morgan fingerprint density at radius 2 is 1.82 bits per heavy atom. The number of aromatic hydroxyl groups is 1. The Morgan fingerprint density at radius 3 is 2.57 bits per heavy atom. The number of rotatable bonds is 6. The summed E-state index contributed by atoms with van der Waals surface area (Å²) in [7, 11) is -2.48. The Balaban J connectivity index is 1.66. The number of sulfonamides is 1. The fourth-order valence-corrected chi connectivity index (χ4v) is 3.78. The Morgan fingerprint density at radius 1 is 1.07 bits per heavy atom. The molecular weight excluding hydrogens is 378 g/mol. The van der Waals surface area contributed by atoms with Crippen LogP contribution in [0, 0.1) is 0 Å². The SMILES string of the molecule is CN(CC(=O)NN=Cc1cccc(O)c1)S(=O)(=O)c1ccc2ccccc2c1. The molecule has 0 heterocycles. The number of phenols is 1. The highest BCUT2D eigenvalue weighted by molar-refractivity contribution is 7.89. The molecule has 0 saturated heterocycles. The van der Waals surface area contributed by atoms with E-state index in [0.717, 1.165) is 15.1 Å². The van der Waals surface area contributed by atoms with Gasteiger partial charge in [0.2, 0.25) is 10.0 Å². The Bertz CT molecular complexity index is 1140. The van der Waals surface area contributed by atoms with Crippen LogP contribution in [-0.4, -0.2) is 43.5 Å². The highest BCUT2D eigenvalue weighted by Gasteiger charge is 2.23. The normalized spacial score (nSPS) is 11.9. The van der Waals surface area contributed by atoms with Crippen LogP contribution in [0.15, 0.2) is 76.7 Å². The molecule has 0 aliphatic heterocycles. The standard InChI is InChI=1S/C20H19N3O4S/c1-23(14-20(25)22-21-13-15-5-4-8-18(24)11-15)28(26,27)19-10-9-16-6-2-3-7-17(16)12-19/h2-13,24H,14H2,1H3,(H,22,25). The zero-order valence-corrected chi connectivity index (χ0v) is 15.9. The summed E-state index contributed by atoms with van der Waals surface area (Å²) in [5, 5.41) is 14.9. The number of nitrogens with one attached hydrogen (secondary N) is 1. The molecule has 3 rings (SSSR count). The second kappa shape index (κ2) is 8.20. The van der Waals surface area contributed by atoms with Gasteiger partial charge >= 0.3 is 0 Å². The van der Waals surface area contributed by atoms with E-state index in [2.05, 4.69) is 10.5 Å². The number of hydrazone groups is 1. The van der Waals surface area contributed by atoms with Gasteiger partial charge in [-0.15, -0.1) is 0 Å². The molecule has 144 valence electrons. The minimum atomic E-state index is -3.82. The van der Waals surface area contributed by atoms with Gasteiger partial charge in [0.1, 0.15) is 5.75 Å². The molecule has 2 N–H and O–H groups in total. The second-order valence-corrected chi connectivity index (χ2v) is 8.20. The van der Waals surface area contributed by atoms with Gasteiger partial charge in [-0.3, -0.25) is 4.79 Å². The van der Waals surface area contributed by atoms with Gasteiger partial charge in [0.25, 0.3) is 5.91 Å². The fourth-order valence-electron chi connectivity index (χ4n) is 2.61. The number of fused-ring (bicyclic) bond motifs is 1. The first kappa shape index (κ1) is 19.5. The maximum Gasteiger partial charge on any atom is 0.255 e. The van der Waals surface area contributed by atoms with E-state index in [-0.39, 0.29) is 17.2 Å². The summed E-state index contributed by atoms with van der Waals surface area (Å²) < 4.78 is 26.4. The average molecular weight is 397 g/mol. The molecular formula is C20H19N3O4S. The number of amides is 1. The monoisotopic (exact) mass is 397 g/mol. The summed E-state index contributed by atoms with van der Waals surface area (Å²) >= 11 is 0. The van der Waals surface area contributed by atoms with Crippen molar-refractivity contribution in [2.75, 3.05) is 13.6 Å². The summed E-state index contributed by atoms with van der Waals surface area (Å²) in [6.45, 7) is -0.382. The zero-order valence-electron chi connectivity index (χ0n) is 15.1. The molecule has 8 heteroatoms. The summed E-state index contributed by atoms with van der Waals surface area (Å²) in [6, 6.07) is 18.6. The minimum Gasteiger partial charge on any atom is -0.508 e. The molecule has 0 aromatic heterocycles. The van der Waals surface area contributed by atoms with E-state index in [9.17, 15) is 18.3 Å². The lowest BCUT2D eigenvalue weighted by Gasteiger charge is -2.16. The van der Waals surface area contributed by atoms with Crippen molar-refractivity contribution in [1.82, 2.24) is 9.73 Å². The molecule has 1 amide bonds. The topological polar surface area (TPSA) is 99.1 Å². The number of carbonyl (C=O) groups is 1. The lowest BCUT2D eigenvalue weighted by molar-refractivity contribution is -0.121. The summed E-state index contributed by atoms with van der Waals surface area (Å²) in [4.78, 5) is 12.1. The molecule has 0 atom stereocenters. The van der Waals surface area contributed by atoms with Crippen LogP contribution in [0.3, 0.4) is 0 Å². The van der Waals surface area contributed by atoms with Crippen molar-refractivity contribution in [3.63, 3.8) is 0 Å². The molecule has 0 aliphatic carbocycles. The largest absolute Gasteiger partial charge is 0.508 e. The van der Waals surface area contributed by atoms with Crippen LogP contribution in [0.4, 0.5) is 0 Å². The van der Waals surface area contributed by atoms with E-state index in [1.165, 1.54) is 31.5 Å². The Kier molecular flexibility index (Phi) is 5.72. The van der Waals surface area contributed by atoms with Crippen molar-refractivity contribution in [2.24, 2.45) is 5.10 Å². The maximum atomic E-state index is 12.7. The van der Waals surface area contributed by atoms with Crippen LogP contribution in [0.25, 0.3) is 10.8 Å². The zero-order chi connectivity index (χ0) is 20.1. The molecule has 0 saturated carbocycles. The van der Waals surface area contributed by atoms with Crippen LogP contribution < -0.4 is 5.43 Å². The third-order valence-corrected chi connectivity index (χ3v) is 5.87. The van der Waals surface area contributed by atoms with E-state index in [1.807, 2.05) is 24.3 Å².